The molecule has 0 saturated heterocycles. The number of methoxy groups -OCH3 is 1. The quantitative estimate of drug-likeness (QED) is 0.882. The zero-order chi connectivity index (χ0) is 13.0. The molecule has 4 heteroatoms. The summed E-state index contributed by atoms with van der Waals surface area (Å²) in [6.45, 7) is 2.74. The fourth-order valence-electron chi connectivity index (χ4n) is 1.75. The van der Waals surface area contributed by atoms with Crippen LogP contribution in [0.1, 0.15) is 17.1 Å². The van der Waals surface area contributed by atoms with Gasteiger partial charge in [-0.25, -0.2) is 0 Å². The molecule has 0 aliphatic carbocycles. The molecular weight excluding hydrogens is 230 g/mol. The maximum atomic E-state index is 5.67. The van der Waals surface area contributed by atoms with Crippen molar-refractivity contribution in [2.45, 2.75) is 20.1 Å². The summed E-state index contributed by atoms with van der Waals surface area (Å²) in [7, 11) is 1.62. The second-order valence-corrected chi connectivity index (χ2v) is 3.94. The van der Waals surface area contributed by atoms with Gasteiger partial charge in [0, 0.05) is 12.1 Å². The van der Waals surface area contributed by atoms with Gasteiger partial charge in [-0.15, -0.1) is 0 Å². The van der Waals surface area contributed by atoms with Crippen molar-refractivity contribution in [1.82, 2.24) is 0 Å². The Morgan fingerprint density at radius 1 is 1.22 bits per heavy atom. The monoisotopic (exact) mass is 247 g/mol. The van der Waals surface area contributed by atoms with Crippen LogP contribution in [0.5, 0.6) is 11.5 Å². The van der Waals surface area contributed by atoms with Crippen LogP contribution in [0.2, 0.25) is 0 Å². The summed E-state index contributed by atoms with van der Waals surface area (Å²) in [5.41, 5.74) is 6.60. The van der Waals surface area contributed by atoms with Gasteiger partial charge in [0.15, 0.2) is 11.5 Å². The van der Waals surface area contributed by atoms with Gasteiger partial charge in [-0.3, -0.25) is 0 Å². The Balaban J connectivity index is 2.06. The van der Waals surface area contributed by atoms with Crippen LogP contribution >= 0.6 is 0 Å². The summed E-state index contributed by atoms with van der Waals surface area (Å²) >= 11 is 0. The molecule has 0 atom stereocenters. The first-order valence-electron chi connectivity index (χ1n) is 5.78. The zero-order valence-corrected chi connectivity index (χ0v) is 10.6. The van der Waals surface area contributed by atoms with E-state index in [0.717, 1.165) is 17.1 Å². The van der Waals surface area contributed by atoms with Gasteiger partial charge in [-0.2, -0.15) is 0 Å². The van der Waals surface area contributed by atoms with Crippen LogP contribution in [0, 0.1) is 6.92 Å². The second kappa shape index (κ2) is 5.60. The molecule has 0 aliphatic rings. The molecule has 0 unspecified atom stereocenters. The van der Waals surface area contributed by atoms with Crippen molar-refractivity contribution in [2.75, 3.05) is 7.11 Å². The number of hydrogen-bond acceptors (Lipinski definition) is 4. The second-order valence-electron chi connectivity index (χ2n) is 3.94. The van der Waals surface area contributed by atoms with Crippen molar-refractivity contribution in [3.05, 3.63) is 47.4 Å². The molecule has 18 heavy (non-hydrogen) atoms. The van der Waals surface area contributed by atoms with Gasteiger partial charge >= 0.3 is 0 Å². The number of nitrogens with two attached hydrogens (primary N) is 1. The summed E-state index contributed by atoms with van der Waals surface area (Å²) < 4.78 is 16.4. The molecule has 0 radical (unpaired) electrons. The van der Waals surface area contributed by atoms with E-state index in [-0.39, 0.29) is 0 Å². The molecule has 4 nitrogen and oxygen atoms in total. The number of hydrogen-bond donors (Lipinski definition) is 1. The van der Waals surface area contributed by atoms with E-state index in [1.165, 1.54) is 0 Å². The van der Waals surface area contributed by atoms with Crippen LogP contribution in [0.15, 0.2) is 34.7 Å². The van der Waals surface area contributed by atoms with Crippen molar-refractivity contribution in [3.63, 3.8) is 0 Å². The number of ether oxygens (including phenoxy) is 2. The van der Waals surface area contributed by atoms with Gasteiger partial charge in [0.1, 0.15) is 18.1 Å². The molecule has 0 saturated carbocycles. The van der Waals surface area contributed by atoms with Crippen molar-refractivity contribution < 1.29 is 13.9 Å². The molecule has 2 rings (SSSR count). The molecule has 1 aromatic heterocycles. The maximum Gasteiger partial charge on any atom is 0.161 e. The highest BCUT2D eigenvalue weighted by Gasteiger charge is 2.08. The van der Waals surface area contributed by atoms with E-state index in [1.807, 2.05) is 37.3 Å². The van der Waals surface area contributed by atoms with Gasteiger partial charge in [0.2, 0.25) is 0 Å². The third-order valence-corrected chi connectivity index (χ3v) is 2.73. The standard InChI is InChI=1S/C14H17NO3/c1-10-11(8-15)7-12(18-10)9-17-14-6-4-3-5-13(14)16-2/h3-7H,8-9,15H2,1-2H3. The molecule has 0 amide bonds. The van der Waals surface area contributed by atoms with E-state index in [1.54, 1.807) is 7.11 Å². The molecule has 1 aromatic carbocycles. The Morgan fingerprint density at radius 2 is 1.94 bits per heavy atom. The van der Waals surface area contributed by atoms with Gasteiger partial charge in [0.05, 0.1) is 7.11 Å². The number of furan rings is 1. The first-order valence-corrected chi connectivity index (χ1v) is 5.78. The minimum Gasteiger partial charge on any atom is -0.493 e. The fraction of sp³-hybridized carbons (Fsp3) is 0.286. The molecule has 1 heterocycles. The number of rotatable bonds is 5. The molecular formula is C14H17NO3. The van der Waals surface area contributed by atoms with Gasteiger partial charge < -0.3 is 19.6 Å². The third kappa shape index (κ3) is 2.65. The van der Waals surface area contributed by atoms with Crippen molar-refractivity contribution in [2.24, 2.45) is 5.73 Å². The topological polar surface area (TPSA) is 57.6 Å². The Labute approximate surface area is 106 Å². The largest absolute Gasteiger partial charge is 0.493 e. The first kappa shape index (κ1) is 12.5. The van der Waals surface area contributed by atoms with E-state index in [0.29, 0.717) is 24.7 Å². The van der Waals surface area contributed by atoms with E-state index in [9.17, 15) is 0 Å². The smallest absolute Gasteiger partial charge is 0.161 e. The summed E-state index contributed by atoms with van der Waals surface area (Å²) in [4.78, 5) is 0. The van der Waals surface area contributed by atoms with Crippen LogP contribution < -0.4 is 15.2 Å². The molecule has 0 bridgehead atoms. The van der Waals surface area contributed by atoms with Gasteiger partial charge in [-0.05, 0) is 25.1 Å². The minimum atomic E-state index is 0.362. The fourth-order valence-corrected chi connectivity index (χ4v) is 1.75. The van der Waals surface area contributed by atoms with Crippen LogP contribution in [-0.4, -0.2) is 7.11 Å². The average Bonchev–Trinajstić information content (AvgIpc) is 2.77. The highest BCUT2D eigenvalue weighted by Crippen LogP contribution is 2.27. The van der Waals surface area contributed by atoms with Crippen LogP contribution in [-0.2, 0) is 13.2 Å². The molecule has 0 spiro atoms. The Hall–Kier alpha value is -1.94. The maximum absolute atomic E-state index is 5.67. The summed E-state index contributed by atoms with van der Waals surface area (Å²) in [6.07, 6.45) is 0. The molecule has 0 aliphatic heterocycles. The lowest BCUT2D eigenvalue weighted by atomic mass is 10.2. The van der Waals surface area contributed by atoms with Gasteiger partial charge in [-0.1, -0.05) is 12.1 Å². The Morgan fingerprint density at radius 3 is 2.56 bits per heavy atom. The first-order chi connectivity index (χ1) is 8.74. The highest BCUT2D eigenvalue weighted by molar-refractivity contribution is 5.39. The summed E-state index contributed by atoms with van der Waals surface area (Å²) in [5.74, 6) is 3.01. The van der Waals surface area contributed by atoms with E-state index >= 15 is 0 Å². The number of aryl methyl sites for hydroxylation is 1. The number of para-hydroxylation sites is 2. The summed E-state index contributed by atoms with van der Waals surface area (Å²) in [5, 5.41) is 0. The lowest BCUT2D eigenvalue weighted by Crippen LogP contribution is -1.97. The molecule has 2 N–H and O–H groups in total. The Kier molecular flexibility index (Phi) is 3.89. The lowest BCUT2D eigenvalue weighted by molar-refractivity contribution is 0.254. The van der Waals surface area contributed by atoms with Crippen molar-refractivity contribution >= 4 is 0 Å². The molecule has 2 aromatic rings. The van der Waals surface area contributed by atoms with Crippen LogP contribution in [0.3, 0.4) is 0 Å². The highest BCUT2D eigenvalue weighted by atomic mass is 16.5. The molecule has 0 fully saturated rings. The van der Waals surface area contributed by atoms with E-state index in [4.69, 9.17) is 19.6 Å². The van der Waals surface area contributed by atoms with E-state index in [2.05, 4.69) is 0 Å². The van der Waals surface area contributed by atoms with E-state index < -0.39 is 0 Å². The zero-order valence-electron chi connectivity index (χ0n) is 10.6. The molecule has 96 valence electrons. The Bertz CT molecular complexity index is 520. The van der Waals surface area contributed by atoms with Gasteiger partial charge in [0.25, 0.3) is 0 Å². The SMILES string of the molecule is COc1ccccc1OCc1cc(CN)c(C)o1. The summed E-state index contributed by atoms with van der Waals surface area (Å²) in [6, 6.07) is 9.43. The van der Waals surface area contributed by atoms with Crippen LogP contribution in [0.4, 0.5) is 0 Å². The normalized spacial score (nSPS) is 10.4. The average molecular weight is 247 g/mol. The van der Waals surface area contributed by atoms with Crippen molar-refractivity contribution in [3.8, 4) is 11.5 Å². The van der Waals surface area contributed by atoms with Crippen LogP contribution in [0.25, 0.3) is 0 Å². The number of benzene rings is 1. The lowest BCUT2D eigenvalue weighted by Gasteiger charge is -2.08. The van der Waals surface area contributed by atoms with Crippen molar-refractivity contribution in [1.29, 1.82) is 0 Å². The third-order valence-electron chi connectivity index (χ3n) is 2.73. The minimum absolute atomic E-state index is 0.362. The predicted molar refractivity (Wildman–Crippen MR) is 68.7 cm³/mol. The predicted octanol–water partition coefficient (Wildman–Crippen LogP) is 2.63.